The maximum absolute atomic E-state index is 4.53. The van der Waals surface area contributed by atoms with Crippen molar-refractivity contribution in [1.29, 1.82) is 0 Å². The van der Waals surface area contributed by atoms with Crippen LogP contribution in [0.1, 0.15) is 35.8 Å². The van der Waals surface area contributed by atoms with Crippen molar-refractivity contribution >= 4 is 11.3 Å². The fourth-order valence-corrected chi connectivity index (χ4v) is 2.70. The molecule has 0 radical (unpaired) electrons. The Hall–Kier alpha value is -0.450. The molecule has 1 aromatic heterocycles. The lowest BCUT2D eigenvalue weighted by molar-refractivity contribution is 0.287. The minimum atomic E-state index is 0.906. The van der Waals surface area contributed by atoms with Crippen LogP contribution in [-0.4, -0.2) is 36.1 Å². The van der Waals surface area contributed by atoms with Crippen LogP contribution >= 0.6 is 11.3 Å². The molecular weight excluding hydrogens is 230 g/mol. The molecule has 4 heteroatoms. The summed E-state index contributed by atoms with van der Waals surface area (Å²) < 4.78 is 0. The lowest BCUT2D eigenvalue weighted by Gasteiger charge is -2.19. The molecule has 0 fully saturated rings. The summed E-state index contributed by atoms with van der Waals surface area (Å²) in [6, 6.07) is 0. The first-order valence-electron chi connectivity index (χ1n) is 6.53. The largest absolute Gasteiger partial charge is 0.309 e. The van der Waals surface area contributed by atoms with E-state index in [9.17, 15) is 0 Å². The van der Waals surface area contributed by atoms with E-state index in [-0.39, 0.29) is 0 Å². The number of likely N-dealkylation sites (N-methyl/N-ethyl adjacent to an activating group) is 1. The predicted octanol–water partition coefficient (Wildman–Crippen LogP) is 2.58. The molecule has 0 bridgehead atoms. The maximum Gasteiger partial charge on any atom is 0.107 e. The van der Waals surface area contributed by atoms with Gasteiger partial charge < -0.3 is 10.2 Å². The molecule has 1 N–H and O–H groups in total. The Morgan fingerprint density at radius 3 is 2.53 bits per heavy atom. The second kappa shape index (κ2) is 7.80. The number of aryl methyl sites for hydroxylation is 2. The van der Waals surface area contributed by atoms with E-state index in [1.165, 1.54) is 28.5 Å². The van der Waals surface area contributed by atoms with E-state index in [4.69, 9.17) is 0 Å². The first-order chi connectivity index (χ1) is 8.17. The fraction of sp³-hybridized carbons (Fsp3) is 0.769. The summed E-state index contributed by atoms with van der Waals surface area (Å²) in [6.45, 7) is 14.1. The fourth-order valence-electron chi connectivity index (χ4n) is 1.79. The van der Waals surface area contributed by atoms with E-state index in [0.717, 1.165) is 26.2 Å². The van der Waals surface area contributed by atoms with Gasteiger partial charge in [-0.25, -0.2) is 4.98 Å². The molecule has 0 aromatic carbocycles. The highest BCUT2D eigenvalue weighted by atomic mass is 32.1. The van der Waals surface area contributed by atoms with E-state index >= 15 is 0 Å². The van der Waals surface area contributed by atoms with E-state index in [1.54, 1.807) is 11.3 Å². The van der Waals surface area contributed by atoms with Crippen molar-refractivity contribution < 1.29 is 0 Å². The van der Waals surface area contributed by atoms with Gasteiger partial charge in [0.1, 0.15) is 5.01 Å². The van der Waals surface area contributed by atoms with Gasteiger partial charge in [0.05, 0.1) is 5.69 Å². The highest BCUT2D eigenvalue weighted by Crippen LogP contribution is 2.15. The van der Waals surface area contributed by atoms with Gasteiger partial charge in [-0.2, -0.15) is 0 Å². The Kier molecular flexibility index (Phi) is 6.70. The summed E-state index contributed by atoms with van der Waals surface area (Å²) in [4.78, 5) is 8.34. The van der Waals surface area contributed by atoms with Crippen molar-refractivity contribution in [2.45, 2.75) is 40.7 Å². The summed E-state index contributed by atoms with van der Waals surface area (Å²) >= 11 is 1.80. The topological polar surface area (TPSA) is 28.2 Å². The molecule has 98 valence electrons. The van der Waals surface area contributed by atoms with Crippen molar-refractivity contribution in [1.82, 2.24) is 15.2 Å². The zero-order valence-electron chi connectivity index (χ0n) is 11.5. The molecule has 0 aliphatic heterocycles. The van der Waals surface area contributed by atoms with Crippen LogP contribution in [0.15, 0.2) is 0 Å². The number of hydrogen-bond donors (Lipinski definition) is 1. The van der Waals surface area contributed by atoms with Gasteiger partial charge in [0.15, 0.2) is 0 Å². The first-order valence-corrected chi connectivity index (χ1v) is 7.35. The summed E-state index contributed by atoms with van der Waals surface area (Å²) in [5.74, 6) is 0. The zero-order valence-corrected chi connectivity index (χ0v) is 12.4. The SMILES string of the molecule is CCCN(CC)CCNCc1nc(C)c(C)s1. The van der Waals surface area contributed by atoms with Crippen LogP contribution < -0.4 is 5.32 Å². The number of thiazole rings is 1. The quantitative estimate of drug-likeness (QED) is 0.724. The molecule has 0 amide bonds. The molecule has 17 heavy (non-hydrogen) atoms. The normalized spacial score (nSPS) is 11.4. The lowest BCUT2D eigenvalue weighted by Crippen LogP contribution is -2.32. The molecule has 0 spiro atoms. The second-order valence-electron chi connectivity index (χ2n) is 4.36. The Morgan fingerprint density at radius 2 is 2.00 bits per heavy atom. The van der Waals surface area contributed by atoms with Crippen molar-refractivity contribution in [3.8, 4) is 0 Å². The minimum absolute atomic E-state index is 0.906. The van der Waals surface area contributed by atoms with Crippen LogP contribution in [0.4, 0.5) is 0 Å². The molecular formula is C13H25N3S. The van der Waals surface area contributed by atoms with Crippen LogP contribution in [-0.2, 0) is 6.54 Å². The van der Waals surface area contributed by atoms with E-state index in [0.29, 0.717) is 0 Å². The van der Waals surface area contributed by atoms with Crippen LogP contribution in [0.2, 0.25) is 0 Å². The third kappa shape index (κ3) is 5.15. The molecule has 0 aliphatic carbocycles. The molecule has 1 rings (SSSR count). The third-order valence-electron chi connectivity index (χ3n) is 2.94. The molecule has 0 aliphatic rings. The summed E-state index contributed by atoms with van der Waals surface area (Å²) in [5, 5.41) is 4.68. The van der Waals surface area contributed by atoms with Gasteiger partial charge in [-0.3, -0.25) is 0 Å². The average molecular weight is 255 g/mol. The van der Waals surface area contributed by atoms with Gasteiger partial charge in [0.2, 0.25) is 0 Å². The molecule has 3 nitrogen and oxygen atoms in total. The van der Waals surface area contributed by atoms with Crippen molar-refractivity contribution in [2.24, 2.45) is 0 Å². The van der Waals surface area contributed by atoms with Gasteiger partial charge in [-0.05, 0) is 33.4 Å². The lowest BCUT2D eigenvalue weighted by atomic mass is 10.4. The Morgan fingerprint density at radius 1 is 1.24 bits per heavy atom. The van der Waals surface area contributed by atoms with Gasteiger partial charge in [-0.15, -0.1) is 11.3 Å². The van der Waals surface area contributed by atoms with Gasteiger partial charge in [0, 0.05) is 24.5 Å². The maximum atomic E-state index is 4.53. The van der Waals surface area contributed by atoms with Crippen LogP contribution in [0, 0.1) is 13.8 Å². The monoisotopic (exact) mass is 255 g/mol. The van der Waals surface area contributed by atoms with Crippen molar-refractivity contribution in [3.63, 3.8) is 0 Å². The number of nitrogens with one attached hydrogen (secondary N) is 1. The molecule has 0 saturated heterocycles. The number of hydrogen-bond acceptors (Lipinski definition) is 4. The van der Waals surface area contributed by atoms with E-state index in [2.05, 4.69) is 42.9 Å². The standard InChI is InChI=1S/C13H25N3S/c1-5-8-16(6-2)9-7-14-10-13-15-11(3)12(4)17-13/h14H,5-10H2,1-4H3. The van der Waals surface area contributed by atoms with Crippen molar-refractivity contribution in [3.05, 3.63) is 15.6 Å². The molecule has 1 aromatic rings. The smallest absolute Gasteiger partial charge is 0.107 e. The third-order valence-corrected chi connectivity index (χ3v) is 4.01. The highest BCUT2D eigenvalue weighted by Gasteiger charge is 2.03. The zero-order chi connectivity index (χ0) is 12.7. The molecule has 0 saturated carbocycles. The van der Waals surface area contributed by atoms with Gasteiger partial charge in [-0.1, -0.05) is 13.8 Å². The minimum Gasteiger partial charge on any atom is -0.309 e. The van der Waals surface area contributed by atoms with Gasteiger partial charge in [0.25, 0.3) is 0 Å². The first kappa shape index (κ1) is 14.6. The Bertz CT molecular complexity index is 303. The number of nitrogens with zero attached hydrogens (tertiary/aromatic N) is 2. The summed E-state index contributed by atoms with van der Waals surface area (Å²) in [7, 11) is 0. The van der Waals surface area contributed by atoms with E-state index in [1.807, 2.05) is 0 Å². The van der Waals surface area contributed by atoms with Crippen LogP contribution in [0.25, 0.3) is 0 Å². The predicted molar refractivity (Wildman–Crippen MR) is 75.7 cm³/mol. The average Bonchev–Trinajstić information content (AvgIpc) is 2.63. The van der Waals surface area contributed by atoms with Crippen LogP contribution in [0.3, 0.4) is 0 Å². The second-order valence-corrected chi connectivity index (χ2v) is 5.65. The Labute approximate surface area is 109 Å². The number of aromatic nitrogens is 1. The summed E-state index contributed by atoms with van der Waals surface area (Å²) in [5.41, 5.74) is 1.17. The highest BCUT2D eigenvalue weighted by molar-refractivity contribution is 7.11. The van der Waals surface area contributed by atoms with Crippen molar-refractivity contribution in [2.75, 3.05) is 26.2 Å². The number of rotatable bonds is 8. The van der Waals surface area contributed by atoms with E-state index < -0.39 is 0 Å². The molecule has 0 unspecified atom stereocenters. The van der Waals surface area contributed by atoms with Crippen LogP contribution in [0.5, 0.6) is 0 Å². The molecule has 0 atom stereocenters. The van der Waals surface area contributed by atoms with Gasteiger partial charge >= 0.3 is 0 Å². The Balaban J connectivity index is 2.19. The summed E-state index contributed by atoms with van der Waals surface area (Å²) in [6.07, 6.45) is 1.23. The molecule has 1 heterocycles.